The van der Waals surface area contributed by atoms with Crippen molar-refractivity contribution in [2.45, 2.75) is 52.6 Å². The lowest BCUT2D eigenvalue weighted by atomic mass is 9.77. The second kappa shape index (κ2) is 10.3. The quantitative estimate of drug-likeness (QED) is 0.415. The van der Waals surface area contributed by atoms with Crippen molar-refractivity contribution in [3.8, 4) is 5.75 Å². The molecule has 3 rings (SSSR count). The van der Waals surface area contributed by atoms with Gasteiger partial charge in [0.2, 0.25) is 0 Å². The molecular weight excluding hydrogens is 418 g/mol. The van der Waals surface area contributed by atoms with E-state index in [0.29, 0.717) is 24.5 Å². The zero-order chi connectivity index (χ0) is 23.3. The molecule has 0 unspecified atom stereocenters. The van der Waals surface area contributed by atoms with Crippen LogP contribution in [0.5, 0.6) is 5.75 Å². The van der Waals surface area contributed by atoms with E-state index in [1.807, 2.05) is 13.0 Å². The molecule has 0 heterocycles. The first kappa shape index (κ1) is 24.0. The third-order valence-electron chi connectivity index (χ3n) is 6.05. The first-order valence-electron chi connectivity index (χ1n) is 11.0. The van der Waals surface area contributed by atoms with E-state index in [9.17, 15) is 4.79 Å². The minimum absolute atomic E-state index is 0.0872. The van der Waals surface area contributed by atoms with Crippen molar-refractivity contribution in [2.75, 3.05) is 6.54 Å². The van der Waals surface area contributed by atoms with Crippen molar-refractivity contribution in [3.05, 3.63) is 99.1 Å². The van der Waals surface area contributed by atoms with Gasteiger partial charge in [-0.2, -0.15) is 0 Å². The normalized spacial score (nSPS) is 11.4. The van der Waals surface area contributed by atoms with Gasteiger partial charge in [-0.25, -0.2) is 0 Å². The van der Waals surface area contributed by atoms with Crippen molar-refractivity contribution in [1.82, 2.24) is 0 Å². The molecule has 0 aliphatic heterocycles. The van der Waals surface area contributed by atoms with Crippen LogP contribution in [0.3, 0.4) is 0 Å². The van der Waals surface area contributed by atoms with Crippen molar-refractivity contribution < 1.29 is 9.53 Å². The third kappa shape index (κ3) is 5.79. The van der Waals surface area contributed by atoms with Gasteiger partial charge in [-0.1, -0.05) is 85.6 Å². The van der Waals surface area contributed by atoms with Crippen molar-refractivity contribution in [3.63, 3.8) is 0 Å². The maximum absolute atomic E-state index is 11.5. The molecule has 0 aliphatic carbocycles. The number of carbonyl (C=O) groups is 1. The molecular formula is C28H32ClNO2. The highest BCUT2D eigenvalue weighted by Crippen LogP contribution is 2.38. The van der Waals surface area contributed by atoms with Crippen molar-refractivity contribution in [1.29, 1.82) is 0 Å². The third-order valence-corrected chi connectivity index (χ3v) is 6.33. The Labute approximate surface area is 196 Å². The minimum atomic E-state index is -0.227. The molecule has 0 aliphatic rings. The molecule has 0 amide bonds. The van der Waals surface area contributed by atoms with Gasteiger partial charge in [0, 0.05) is 11.8 Å². The van der Waals surface area contributed by atoms with Gasteiger partial charge in [-0.05, 0) is 54.2 Å². The highest BCUT2D eigenvalue weighted by molar-refractivity contribution is 6.32. The Balaban J connectivity index is 1.76. The van der Waals surface area contributed by atoms with E-state index in [0.717, 1.165) is 28.0 Å². The second-order valence-electron chi connectivity index (χ2n) is 8.94. The Morgan fingerprint density at radius 3 is 2.16 bits per heavy atom. The van der Waals surface area contributed by atoms with Crippen LogP contribution in [-0.4, -0.2) is 12.3 Å². The topological polar surface area (TPSA) is 52.3 Å². The summed E-state index contributed by atoms with van der Waals surface area (Å²) in [6, 6.07) is 20.9. The SMILES string of the molecule is Cc1ccc(COc2c(C)cc(C(C)(C)c3ccc(CCC(=O)CN)cc3)cc2Cl)cc1. The zero-order valence-corrected chi connectivity index (χ0v) is 20.1. The number of nitrogens with two attached hydrogens (primary N) is 1. The molecule has 0 atom stereocenters. The van der Waals surface area contributed by atoms with E-state index in [-0.39, 0.29) is 17.7 Å². The molecule has 168 valence electrons. The fraction of sp³-hybridized carbons (Fsp3) is 0.321. The van der Waals surface area contributed by atoms with Crippen LogP contribution in [0.1, 0.15) is 53.6 Å². The smallest absolute Gasteiger partial charge is 0.146 e. The number of hydrogen-bond acceptors (Lipinski definition) is 3. The molecule has 0 aromatic heterocycles. The van der Waals surface area contributed by atoms with E-state index in [4.69, 9.17) is 22.1 Å². The molecule has 0 fully saturated rings. The Hall–Kier alpha value is -2.62. The van der Waals surface area contributed by atoms with Crippen LogP contribution >= 0.6 is 11.6 Å². The molecule has 0 bridgehead atoms. The fourth-order valence-corrected chi connectivity index (χ4v) is 4.08. The van der Waals surface area contributed by atoms with Crippen LogP contribution in [0.15, 0.2) is 60.7 Å². The van der Waals surface area contributed by atoms with E-state index in [1.165, 1.54) is 11.1 Å². The number of hydrogen-bond donors (Lipinski definition) is 1. The Bertz CT molecular complexity index is 1050. The van der Waals surface area contributed by atoms with Crippen LogP contribution in [0, 0.1) is 13.8 Å². The summed E-state index contributed by atoms with van der Waals surface area (Å²) in [5, 5.41) is 0.622. The summed E-state index contributed by atoms with van der Waals surface area (Å²) in [7, 11) is 0. The Morgan fingerprint density at radius 1 is 0.938 bits per heavy atom. The van der Waals surface area contributed by atoms with E-state index in [1.54, 1.807) is 0 Å². The number of halogens is 1. The lowest BCUT2D eigenvalue weighted by molar-refractivity contribution is -0.117. The van der Waals surface area contributed by atoms with Crippen LogP contribution in [-0.2, 0) is 23.2 Å². The number of carbonyl (C=O) groups excluding carboxylic acids is 1. The molecule has 0 spiro atoms. The molecule has 0 saturated carbocycles. The molecule has 0 radical (unpaired) electrons. The fourth-order valence-electron chi connectivity index (χ4n) is 3.75. The molecule has 3 aromatic carbocycles. The van der Waals surface area contributed by atoms with Crippen LogP contribution < -0.4 is 10.5 Å². The average Bonchev–Trinajstić information content (AvgIpc) is 2.78. The van der Waals surface area contributed by atoms with Gasteiger partial charge in [0.05, 0.1) is 11.6 Å². The summed E-state index contributed by atoms with van der Waals surface area (Å²) in [5.74, 6) is 0.816. The van der Waals surface area contributed by atoms with Gasteiger partial charge in [-0.15, -0.1) is 0 Å². The standard InChI is InChI=1S/C28H32ClNO2/c1-19-5-7-22(8-6-19)18-32-27-20(2)15-24(16-26(27)29)28(3,4)23-12-9-21(10-13-23)11-14-25(31)17-30/h5-10,12-13,15-16H,11,14,17-18,30H2,1-4H3. The number of ketones is 1. The summed E-state index contributed by atoms with van der Waals surface area (Å²) in [5.41, 5.74) is 12.0. The molecule has 0 saturated heterocycles. The van der Waals surface area contributed by atoms with Crippen molar-refractivity contribution in [2.24, 2.45) is 5.73 Å². The molecule has 3 aromatic rings. The van der Waals surface area contributed by atoms with Gasteiger partial charge >= 0.3 is 0 Å². The summed E-state index contributed by atoms with van der Waals surface area (Å²) in [6.45, 7) is 9.08. The average molecular weight is 450 g/mol. The number of Topliss-reactive ketones (excluding diaryl/α,β-unsaturated/α-hetero) is 1. The van der Waals surface area contributed by atoms with Gasteiger partial charge in [-0.3, -0.25) is 4.79 Å². The predicted octanol–water partition coefficient (Wildman–Crippen LogP) is 6.32. The Kier molecular flexibility index (Phi) is 7.76. The van der Waals surface area contributed by atoms with Crippen LogP contribution in [0.2, 0.25) is 5.02 Å². The van der Waals surface area contributed by atoms with E-state index in [2.05, 4.69) is 75.4 Å². The minimum Gasteiger partial charge on any atom is -0.487 e. The highest BCUT2D eigenvalue weighted by atomic mass is 35.5. The monoisotopic (exact) mass is 449 g/mol. The largest absolute Gasteiger partial charge is 0.487 e. The second-order valence-corrected chi connectivity index (χ2v) is 9.35. The van der Waals surface area contributed by atoms with Crippen LogP contribution in [0.4, 0.5) is 0 Å². The van der Waals surface area contributed by atoms with Crippen LogP contribution in [0.25, 0.3) is 0 Å². The lowest BCUT2D eigenvalue weighted by Gasteiger charge is -2.28. The van der Waals surface area contributed by atoms with Crippen molar-refractivity contribution >= 4 is 17.4 Å². The summed E-state index contributed by atoms with van der Waals surface area (Å²) < 4.78 is 6.07. The number of aryl methyl sites for hydroxylation is 3. The maximum atomic E-state index is 11.5. The molecule has 4 heteroatoms. The maximum Gasteiger partial charge on any atom is 0.146 e. The first-order chi connectivity index (χ1) is 15.2. The molecule has 3 nitrogen and oxygen atoms in total. The Morgan fingerprint density at radius 2 is 1.56 bits per heavy atom. The number of benzene rings is 3. The van der Waals surface area contributed by atoms with E-state index < -0.39 is 0 Å². The lowest BCUT2D eigenvalue weighted by Crippen LogP contribution is -2.19. The van der Waals surface area contributed by atoms with Gasteiger partial charge in [0.1, 0.15) is 18.1 Å². The van der Waals surface area contributed by atoms with Gasteiger partial charge < -0.3 is 10.5 Å². The highest BCUT2D eigenvalue weighted by Gasteiger charge is 2.25. The number of ether oxygens (including phenoxy) is 1. The zero-order valence-electron chi connectivity index (χ0n) is 19.4. The van der Waals surface area contributed by atoms with E-state index >= 15 is 0 Å². The van der Waals surface area contributed by atoms with Gasteiger partial charge in [0.15, 0.2) is 0 Å². The predicted molar refractivity (Wildman–Crippen MR) is 133 cm³/mol. The first-order valence-corrected chi connectivity index (χ1v) is 11.4. The summed E-state index contributed by atoms with van der Waals surface area (Å²) in [4.78, 5) is 11.5. The molecule has 32 heavy (non-hydrogen) atoms. The summed E-state index contributed by atoms with van der Waals surface area (Å²) in [6.07, 6.45) is 1.20. The number of rotatable bonds is 9. The molecule has 2 N–H and O–H groups in total. The summed E-state index contributed by atoms with van der Waals surface area (Å²) >= 11 is 6.66. The van der Waals surface area contributed by atoms with Gasteiger partial charge in [0.25, 0.3) is 0 Å².